The van der Waals surface area contributed by atoms with E-state index in [-0.39, 0.29) is 11.6 Å². The summed E-state index contributed by atoms with van der Waals surface area (Å²) in [6.07, 6.45) is 7.04. The van der Waals surface area contributed by atoms with E-state index in [1.54, 1.807) is 0 Å². The first-order chi connectivity index (χ1) is 8.30. The zero-order valence-electron chi connectivity index (χ0n) is 10.0. The van der Waals surface area contributed by atoms with E-state index >= 15 is 0 Å². The van der Waals surface area contributed by atoms with E-state index in [0.29, 0.717) is 11.5 Å². The highest BCUT2D eigenvalue weighted by Gasteiger charge is 2.49. The van der Waals surface area contributed by atoms with Gasteiger partial charge in [0.1, 0.15) is 5.60 Å². The fraction of sp³-hybridized carbons (Fsp3) is 0.533. The highest BCUT2D eigenvalue weighted by atomic mass is 16.6. The molecule has 90 valence electrons. The molecule has 0 spiro atoms. The van der Waals surface area contributed by atoms with Crippen molar-refractivity contribution in [2.45, 2.75) is 44.1 Å². The van der Waals surface area contributed by atoms with E-state index < -0.39 is 0 Å². The maximum atomic E-state index is 12.1. The van der Waals surface area contributed by atoms with Gasteiger partial charge in [-0.05, 0) is 56.6 Å². The van der Waals surface area contributed by atoms with Crippen LogP contribution in [0.25, 0.3) is 0 Å². The van der Waals surface area contributed by atoms with Gasteiger partial charge in [-0.2, -0.15) is 0 Å². The fourth-order valence-electron chi connectivity index (χ4n) is 3.50. The average Bonchev–Trinajstić information content (AvgIpc) is 2.89. The molecule has 0 radical (unpaired) electrons. The highest BCUT2D eigenvalue weighted by molar-refractivity contribution is 5.89. The van der Waals surface area contributed by atoms with Crippen LogP contribution in [0, 0.1) is 5.92 Å². The molecule has 0 aromatic heterocycles. The Morgan fingerprint density at radius 1 is 1.12 bits per heavy atom. The molecule has 3 rings (SSSR count). The average molecular weight is 230 g/mol. The predicted octanol–water partition coefficient (Wildman–Crippen LogP) is 3.57. The minimum Gasteiger partial charge on any atom is -0.455 e. The number of carbonyl (C=O) groups is 1. The quantitative estimate of drug-likeness (QED) is 0.726. The largest absolute Gasteiger partial charge is 0.455 e. The monoisotopic (exact) mass is 230 g/mol. The van der Waals surface area contributed by atoms with Gasteiger partial charge in [0.2, 0.25) is 0 Å². The SMILES string of the molecule is O=C(OC12CCCC1CCC2)c1ccccc1. The maximum Gasteiger partial charge on any atom is 0.338 e. The molecule has 0 atom stereocenters. The Morgan fingerprint density at radius 3 is 2.41 bits per heavy atom. The van der Waals surface area contributed by atoms with Gasteiger partial charge in [-0.1, -0.05) is 18.2 Å². The van der Waals surface area contributed by atoms with Crippen molar-refractivity contribution in [1.29, 1.82) is 0 Å². The van der Waals surface area contributed by atoms with Gasteiger partial charge in [0.15, 0.2) is 0 Å². The van der Waals surface area contributed by atoms with Gasteiger partial charge in [0.25, 0.3) is 0 Å². The number of fused-ring (bicyclic) bond motifs is 1. The lowest BCUT2D eigenvalue weighted by molar-refractivity contribution is -0.0277. The summed E-state index contributed by atoms with van der Waals surface area (Å²) in [7, 11) is 0. The van der Waals surface area contributed by atoms with E-state index in [9.17, 15) is 4.79 Å². The van der Waals surface area contributed by atoms with Crippen molar-refractivity contribution < 1.29 is 9.53 Å². The number of hydrogen-bond acceptors (Lipinski definition) is 2. The van der Waals surface area contributed by atoms with Crippen LogP contribution in [0.15, 0.2) is 30.3 Å². The number of rotatable bonds is 2. The van der Waals surface area contributed by atoms with E-state index in [2.05, 4.69) is 0 Å². The molecule has 0 amide bonds. The second-order valence-corrected chi connectivity index (χ2v) is 5.30. The normalized spacial score (nSPS) is 31.2. The Hall–Kier alpha value is -1.31. The van der Waals surface area contributed by atoms with E-state index in [1.807, 2.05) is 30.3 Å². The lowest BCUT2D eigenvalue weighted by Crippen LogP contribution is -2.34. The molecule has 1 aromatic carbocycles. The van der Waals surface area contributed by atoms with Crippen LogP contribution in [-0.2, 0) is 4.74 Å². The third-order valence-corrected chi connectivity index (χ3v) is 4.35. The van der Waals surface area contributed by atoms with E-state index in [4.69, 9.17) is 4.74 Å². The summed E-state index contributed by atoms with van der Waals surface area (Å²) >= 11 is 0. The lowest BCUT2D eigenvalue weighted by atomic mass is 9.94. The summed E-state index contributed by atoms with van der Waals surface area (Å²) in [5.74, 6) is 0.481. The van der Waals surface area contributed by atoms with Crippen LogP contribution in [0.2, 0.25) is 0 Å². The van der Waals surface area contributed by atoms with Crippen molar-refractivity contribution >= 4 is 5.97 Å². The van der Waals surface area contributed by atoms with Crippen LogP contribution in [0.3, 0.4) is 0 Å². The molecular weight excluding hydrogens is 212 g/mol. The second-order valence-electron chi connectivity index (χ2n) is 5.30. The molecule has 2 heteroatoms. The van der Waals surface area contributed by atoms with Gasteiger partial charge in [0.05, 0.1) is 5.56 Å². The third-order valence-electron chi connectivity index (χ3n) is 4.35. The van der Waals surface area contributed by atoms with Gasteiger partial charge in [-0.15, -0.1) is 0 Å². The first-order valence-corrected chi connectivity index (χ1v) is 6.59. The molecule has 0 unspecified atom stereocenters. The Bertz CT molecular complexity index is 400. The molecule has 2 fully saturated rings. The molecule has 0 N–H and O–H groups in total. The van der Waals surface area contributed by atoms with Crippen molar-refractivity contribution in [2.24, 2.45) is 5.92 Å². The van der Waals surface area contributed by atoms with E-state index in [1.165, 1.54) is 25.7 Å². The molecule has 0 saturated heterocycles. The fourth-order valence-corrected chi connectivity index (χ4v) is 3.50. The minimum absolute atomic E-state index is 0.118. The topological polar surface area (TPSA) is 26.3 Å². The first-order valence-electron chi connectivity index (χ1n) is 6.59. The van der Waals surface area contributed by atoms with Crippen LogP contribution in [0.4, 0.5) is 0 Å². The Kier molecular flexibility index (Phi) is 2.65. The van der Waals surface area contributed by atoms with Crippen molar-refractivity contribution in [1.82, 2.24) is 0 Å². The molecule has 0 heterocycles. The summed E-state index contributed by atoms with van der Waals surface area (Å²) in [5, 5.41) is 0. The predicted molar refractivity (Wildman–Crippen MR) is 65.8 cm³/mol. The number of esters is 1. The molecule has 2 aliphatic carbocycles. The summed E-state index contributed by atoms with van der Waals surface area (Å²) in [5.41, 5.74) is 0.562. The Labute approximate surface area is 102 Å². The number of ether oxygens (including phenoxy) is 1. The van der Waals surface area contributed by atoms with Crippen LogP contribution in [0.1, 0.15) is 48.9 Å². The third kappa shape index (κ3) is 1.86. The summed E-state index contributed by atoms with van der Waals surface area (Å²) in [4.78, 5) is 12.1. The van der Waals surface area contributed by atoms with Crippen LogP contribution in [-0.4, -0.2) is 11.6 Å². The number of benzene rings is 1. The van der Waals surface area contributed by atoms with Crippen LogP contribution >= 0.6 is 0 Å². The van der Waals surface area contributed by atoms with Crippen molar-refractivity contribution in [3.05, 3.63) is 35.9 Å². The minimum atomic E-state index is -0.139. The van der Waals surface area contributed by atoms with Gasteiger partial charge in [-0.3, -0.25) is 0 Å². The van der Waals surface area contributed by atoms with Crippen LogP contribution in [0.5, 0.6) is 0 Å². The number of carbonyl (C=O) groups excluding carboxylic acids is 1. The molecule has 0 bridgehead atoms. The van der Waals surface area contributed by atoms with E-state index in [0.717, 1.165) is 12.8 Å². The van der Waals surface area contributed by atoms with Crippen molar-refractivity contribution in [2.75, 3.05) is 0 Å². The standard InChI is InChI=1S/C15H18O2/c16-14(12-6-2-1-3-7-12)17-15-10-4-8-13(15)9-5-11-15/h1-3,6-7,13H,4-5,8-11H2. The Balaban J connectivity index is 1.77. The molecule has 2 nitrogen and oxygen atoms in total. The van der Waals surface area contributed by atoms with Crippen molar-refractivity contribution in [3.8, 4) is 0 Å². The zero-order chi connectivity index (χ0) is 11.7. The van der Waals surface area contributed by atoms with Gasteiger partial charge < -0.3 is 4.74 Å². The smallest absolute Gasteiger partial charge is 0.338 e. The molecule has 0 aliphatic heterocycles. The van der Waals surface area contributed by atoms with Gasteiger partial charge in [0, 0.05) is 0 Å². The zero-order valence-corrected chi connectivity index (χ0v) is 10.0. The van der Waals surface area contributed by atoms with Crippen LogP contribution < -0.4 is 0 Å². The second kappa shape index (κ2) is 4.17. The molecular formula is C15H18O2. The number of hydrogen-bond donors (Lipinski definition) is 0. The molecule has 1 aromatic rings. The maximum absolute atomic E-state index is 12.1. The highest BCUT2D eigenvalue weighted by Crippen LogP contribution is 2.50. The molecule has 2 saturated carbocycles. The lowest BCUT2D eigenvalue weighted by Gasteiger charge is -2.29. The summed E-state index contributed by atoms with van der Waals surface area (Å²) in [6.45, 7) is 0. The van der Waals surface area contributed by atoms with Gasteiger partial charge >= 0.3 is 5.97 Å². The van der Waals surface area contributed by atoms with Crippen molar-refractivity contribution in [3.63, 3.8) is 0 Å². The first kappa shape index (κ1) is 10.8. The summed E-state index contributed by atoms with van der Waals surface area (Å²) in [6, 6.07) is 9.35. The molecule has 17 heavy (non-hydrogen) atoms. The molecule has 2 aliphatic rings. The Morgan fingerprint density at radius 2 is 1.76 bits per heavy atom. The summed E-state index contributed by atoms with van der Waals surface area (Å²) < 4.78 is 5.87. The van der Waals surface area contributed by atoms with Gasteiger partial charge in [-0.25, -0.2) is 4.79 Å².